The van der Waals surface area contributed by atoms with Crippen LogP contribution in [0.4, 0.5) is 0 Å². The molecule has 1 amide bonds. The predicted molar refractivity (Wildman–Crippen MR) is 96.8 cm³/mol. The average molecular weight is 347 g/mol. The normalized spacial score (nSPS) is 13.7. The topological polar surface area (TPSA) is 75.1 Å². The molecule has 2 aromatic heterocycles. The highest BCUT2D eigenvalue weighted by Crippen LogP contribution is 2.21. The molecule has 2 rings (SSSR count). The van der Waals surface area contributed by atoms with Crippen molar-refractivity contribution in [3.8, 4) is 10.7 Å². The lowest BCUT2D eigenvalue weighted by Crippen LogP contribution is -2.41. The Morgan fingerprint density at radius 1 is 1.42 bits per heavy atom. The number of thiazole rings is 1. The largest absolute Gasteiger partial charge is 0.388 e. The molecule has 0 bridgehead atoms. The van der Waals surface area contributed by atoms with Crippen LogP contribution in [0.2, 0.25) is 0 Å². The Labute approximate surface area is 147 Å². The van der Waals surface area contributed by atoms with Crippen LogP contribution in [0.15, 0.2) is 29.8 Å². The minimum Gasteiger partial charge on any atom is -0.388 e. The first kappa shape index (κ1) is 18.5. The van der Waals surface area contributed by atoms with E-state index in [1.807, 2.05) is 23.6 Å². The van der Waals surface area contributed by atoms with E-state index in [2.05, 4.69) is 29.1 Å². The van der Waals surface area contributed by atoms with Crippen molar-refractivity contribution in [2.24, 2.45) is 5.92 Å². The van der Waals surface area contributed by atoms with E-state index >= 15 is 0 Å². The number of pyridine rings is 1. The summed E-state index contributed by atoms with van der Waals surface area (Å²) >= 11 is 1.48. The van der Waals surface area contributed by atoms with Crippen LogP contribution >= 0.6 is 11.3 Å². The van der Waals surface area contributed by atoms with Crippen molar-refractivity contribution in [3.63, 3.8) is 0 Å². The van der Waals surface area contributed by atoms with E-state index in [0.29, 0.717) is 12.3 Å². The molecule has 0 radical (unpaired) electrons. The molecule has 0 saturated carbocycles. The first-order chi connectivity index (χ1) is 11.4. The van der Waals surface area contributed by atoms with Gasteiger partial charge >= 0.3 is 0 Å². The Kier molecular flexibility index (Phi) is 6.45. The van der Waals surface area contributed by atoms with Crippen LogP contribution < -0.4 is 5.32 Å². The Morgan fingerprint density at radius 3 is 2.88 bits per heavy atom. The second-order valence-corrected chi connectivity index (χ2v) is 7.60. The zero-order valence-electron chi connectivity index (χ0n) is 14.5. The molecule has 130 valence electrons. The van der Waals surface area contributed by atoms with Gasteiger partial charge in [-0.2, -0.15) is 0 Å². The van der Waals surface area contributed by atoms with E-state index in [9.17, 15) is 9.90 Å². The molecule has 0 aliphatic heterocycles. The summed E-state index contributed by atoms with van der Waals surface area (Å²) in [5.74, 6) is 0.407. The Bertz CT molecular complexity index is 653. The molecule has 2 aromatic rings. The number of carbonyl (C=O) groups is 1. The van der Waals surface area contributed by atoms with Gasteiger partial charge in [-0.3, -0.25) is 9.78 Å². The van der Waals surface area contributed by atoms with Crippen LogP contribution in [0.5, 0.6) is 0 Å². The SMILES string of the molecule is CC(C)CCC(C)(O)CNC(=O)Cc1csc(-c2ccccn2)n1. The maximum atomic E-state index is 12.1. The zero-order chi connectivity index (χ0) is 17.6. The van der Waals surface area contributed by atoms with Crippen LogP contribution in [0, 0.1) is 5.92 Å². The minimum absolute atomic E-state index is 0.127. The fourth-order valence-corrected chi connectivity index (χ4v) is 2.99. The third-order valence-corrected chi connectivity index (χ3v) is 4.62. The van der Waals surface area contributed by atoms with Gasteiger partial charge in [-0.1, -0.05) is 19.9 Å². The van der Waals surface area contributed by atoms with Crippen LogP contribution in [0.1, 0.15) is 39.3 Å². The summed E-state index contributed by atoms with van der Waals surface area (Å²) in [7, 11) is 0. The average Bonchev–Trinajstić information content (AvgIpc) is 3.01. The van der Waals surface area contributed by atoms with Crippen molar-refractivity contribution in [2.75, 3.05) is 6.54 Å². The molecule has 0 aromatic carbocycles. The fraction of sp³-hybridized carbons (Fsp3) is 0.500. The number of aromatic nitrogens is 2. The van der Waals surface area contributed by atoms with Crippen molar-refractivity contribution in [1.82, 2.24) is 15.3 Å². The van der Waals surface area contributed by atoms with Gasteiger partial charge in [-0.05, 0) is 37.8 Å². The van der Waals surface area contributed by atoms with E-state index in [-0.39, 0.29) is 18.9 Å². The van der Waals surface area contributed by atoms with E-state index in [1.54, 1.807) is 13.1 Å². The van der Waals surface area contributed by atoms with Crippen molar-refractivity contribution >= 4 is 17.2 Å². The number of amides is 1. The van der Waals surface area contributed by atoms with E-state index < -0.39 is 5.60 Å². The van der Waals surface area contributed by atoms with Gasteiger partial charge in [-0.15, -0.1) is 11.3 Å². The molecule has 0 saturated heterocycles. The number of rotatable bonds is 8. The van der Waals surface area contributed by atoms with E-state index in [4.69, 9.17) is 0 Å². The van der Waals surface area contributed by atoms with Crippen molar-refractivity contribution < 1.29 is 9.90 Å². The summed E-state index contributed by atoms with van der Waals surface area (Å²) < 4.78 is 0. The first-order valence-corrected chi connectivity index (χ1v) is 9.08. The molecular weight excluding hydrogens is 322 g/mol. The Hall–Kier alpha value is -1.79. The molecule has 24 heavy (non-hydrogen) atoms. The summed E-state index contributed by atoms with van der Waals surface area (Å²) in [5.41, 5.74) is 0.659. The lowest BCUT2D eigenvalue weighted by Gasteiger charge is -2.24. The molecule has 5 nitrogen and oxygen atoms in total. The number of carbonyl (C=O) groups excluding carboxylic acids is 1. The van der Waals surface area contributed by atoms with Crippen molar-refractivity contribution in [3.05, 3.63) is 35.5 Å². The molecule has 0 fully saturated rings. The van der Waals surface area contributed by atoms with Gasteiger partial charge in [0.15, 0.2) is 0 Å². The van der Waals surface area contributed by atoms with Gasteiger partial charge in [0.05, 0.1) is 23.4 Å². The van der Waals surface area contributed by atoms with Crippen LogP contribution in [-0.4, -0.2) is 33.1 Å². The maximum absolute atomic E-state index is 12.1. The van der Waals surface area contributed by atoms with Gasteiger partial charge in [0.1, 0.15) is 5.01 Å². The van der Waals surface area contributed by atoms with E-state index in [1.165, 1.54) is 11.3 Å². The highest BCUT2D eigenvalue weighted by molar-refractivity contribution is 7.13. The molecule has 0 spiro atoms. The summed E-state index contributed by atoms with van der Waals surface area (Å²) in [6.45, 7) is 6.26. The molecular formula is C18H25N3O2S. The number of hydrogen-bond donors (Lipinski definition) is 2. The third kappa shape index (κ3) is 6.02. The lowest BCUT2D eigenvalue weighted by atomic mass is 9.95. The van der Waals surface area contributed by atoms with Crippen LogP contribution in [-0.2, 0) is 11.2 Å². The van der Waals surface area contributed by atoms with Gasteiger partial charge in [-0.25, -0.2) is 4.98 Å². The smallest absolute Gasteiger partial charge is 0.226 e. The number of nitrogens with zero attached hydrogens (tertiary/aromatic N) is 2. The van der Waals surface area contributed by atoms with Gasteiger partial charge < -0.3 is 10.4 Å². The number of aliphatic hydroxyl groups is 1. The van der Waals surface area contributed by atoms with Crippen molar-refractivity contribution in [2.45, 2.75) is 45.6 Å². The van der Waals surface area contributed by atoms with E-state index in [0.717, 1.165) is 22.8 Å². The second kappa shape index (κ2) is 8.35. The fourth-order valence-electron chi connectivity index (χ4n) is 2.20. The maximum Gasteiger partial charge on any atom is 0.226 e. The second-order valence-electron chi connectivity index (χ2n) is 6.74. The summed E-state index contributed by atoms with van der Waals surface area (Å²) in [4.78, 5) is 20.8. The highest BCUT2D eigenvalue weighted by atomic mass is 32.1. The number of nitrogens with one attached hydrogen (secondary N) is 1. The lowest BCUT2D eigenvalue weighted by molar-refractivity contribution is -0.121. The molecule has 1 unspecified atom stereocenters. The monoisotopic (exact) mass is 347 g/mol. The van der Waals surface area contributed by atoms with Gasteiger partial charge in [0.2, 0.25) is 5.91 Å². The van der Waals surface area contributed by atoms with Crippen LogP contribution in [0.3, 0.4) is 0 Å². The molecule has 2 heterocycles. The molecule has 2 N–H and O–H groups in total. The molecule has 6 heteroatoms. The van der Waals surface area contributed by atoms with Gasteiger partial charge in [0.25, 0.3) is 0 Å². The molecule has 0 aliphatic carbocycles. The highest BCUT2D eigenvalue weighted by Gasteiger charge is 2.21. The predicted octanol–water partition coefficient (Wildman–Crippen LogP) is 3.05. The third-order valence-electron chi connectivity index (χ3n) is 3.70. The van der Waals surface area contributed by atoms with Crippen LogP contribution in [0.25, 0.3) is 10.7 Å². The summed E-state index contributed by atoms with van der Waals surface area (Å²) in [6.07, 6.45) is 3.54. The Balaban J connectivity index is 1.84. The standard InChI is InChI=1S/C18H25N3O2S/c1-13(2)7-8-18(3,23)12-20-16(22)10-14-11-24-17(21-14)15-6-4-5-9-19-15/h4-6,9,11,13,23H,7-8,10,12H2,1-3H3,(H,20,22). The van der Waals surface area contributed by atoms with Crippen molar-refractivity contribution in [1.29, 1.82) is 0 Å². The molecule has 0 aliphatic rings. The Morgan fingerprint density at radius 2 is 2.21 bits per heavy atom. The zero-order valence-corrected chi connectivity index (χ0v) is 15.3. The summed E-state index contributed by atoms with van der Waals surface area (Å²) in [5, 5.41) is 15.8. The first-order valence-electron chi connectivity index (χ1n) is 8.20. The molecule has 1 atom stereocenters. The van der Waals surface area contributed by atoms with Gasteiger partial charge in [0, 0.05) is 18.1 Å². The quantitative estimate of drug-likeness (QED) is 0.769. The minimum atomic E-state index is -0.874. The summed E-state index contributed by atoms with van der Waals surface area (Å²) in [6, 6.07) is 5.67. The number of hydrogen-bond acceptors (Lipinski definition) is 5.